The van der Waals surface area contributed by atoms with E-state index in [0.717, 1.165) is 0 Å². The molecule has 1 aromatic carbocycles. The van der Waals surface area contributed by atoms with E-state index in [9.17, 15) is 9.18 Å². The van der Waals surface area contributed by atoms with Gasteiger partial charge in [0.2, 0.25) is 5.91 Å². The number of carbonyl (C=O) groups is 1. The van der Waals surface area contributed by atoms with Gasteiger partial charge in [-0.25, -0.2) is 13.3 Å². The van der Waals surface area contributed by atoms with Crippen molar-refractivity contribution in [2.75, 3.05) is 23.8 Å². The zero-order chi connectivity index (χ0) is 21.9. The summed E-state index contributed by atoms with van der Waals surface area (Å²) >= 11 is 6.49. The first-order chi connectivity index (χ1) is 14.9. The summed E-state index contributed by atoms with van der Waals surface area (Å²) in [6.07, 6.45) is 2.49. The largest absolute Gasteiger partial charge is 0.371 e. The van der Waals surface area contributed by atoms with E-state index in [-0.39, 0.29) is 17.4 Å². The van der Waals surface area contributed by atoms with Crippen molar-refractivity contribution in [1.82, 2.24) is 19.8 Å². The highest BCUT2D eigenvalue weighted by Crippen LogP contribution is 2.42. The number of anilines is 2. The number of fused-ring (bicyclic) bond motifs is 2. The van der Waals surface area contributed by atoms with E-state index in [1.54, 1.807) is 47.1 Å². The van der Waals surface area contributed by atoms with Crippen LogP contribution in [0.1, 0.15) is 13.3 Å². The number of hydrogen-bond donors (Lipinski definition) is 2. The first-order valence-corrected chi connectivity index (χ1v) is 10.3. The highest BCUT2D eigenvalue weighted by atomic mass is 35.5. The van der Waals surface area contributed by atoms with Crippen LogP contribution in [-0.2, 0) is 4.79 Å². The van der Waals surface area contributed by atoms with Gasteiger partial charge in [0.25, 0.3) is 0 Å². The lowest BCUT2D eigenvalue weighted by Crippen LogP contribution is -2.18. The fraction of sp³-hybridized carbons (Fsp3) is 0.286. The standard InChI is InChI=1S/C21H19ClF2N6O/c1-3-29(2)20-18(24)17(22)16(13-9-25-27-19(13)20)10-4-5-30-11(6-10)7-15(28-30)26-21(31)12-8-14(12)23/h4-7,9,12,14H,3,8H2,1-2H3,(H,25,27)(H,26,28,31)/t12-,14+/m1/s1. The summed E-state index contributed by atoms with van der Waals surface area (Å²) in [6.45, 7) is 2.52. The third-order valence-electron chi connectivity index (χ3n) is 5.67. The zero-order valence-corrected chi connectivity index (χ0v) is 17.5. The van der Waals surface area contributed by atoms with E-state index < -0.39 is 17.9 Å². The van der Waals surface area contributed by atoms with Crippen LogP contribution in [0.15, 0.2) is 30.6 Å². The Bertz CT molecular complexity index is 1330. The predicted molar refractivity (Wildman–Crippen MR) is 116 cm³/mol. The molecule has 0 aliphatic heterocycles. The number of benzene rings is 1. The minimum Gasteiger partial charge on any atom is -0.371 e. The van der Waals surface area contributed by atoms with Gasteiger partial charge in [-0.3, -0.25) is 9.89 Å². The molecule has 1 amide bonds. The Balaban J connectivity index is 1.58. The van der Waals surface area contributed by atoms with Crippen molar-refractivity contribution in [1.29, 1.82) is 0 Å². The highest BCUT2D eigenvalue weighted by molar-refractivity contribution is 6.36. The molecule has 3 aromatic heterocycles. The number of aromatic nitrogens is 4. The van der Waals surface area contributed by atoms with E-state index in [1.165, 1.54) is 0 Å². The molecule has 0 bridgehead atoms. The average Bonchev–Trinajstić information content (AvgIpc) is 3.12. The molecule has 31 heavy (non-hydrogen) atoms. The Kier molecular flexibility index (Phi) is 4.58. The quantitative estimate of drug-likeness (QED) is 0.477. The third kappa shape index (κ3) is 3.20. The second kappa shape index (κ2) is 7.19. The summed E-state index contributed by atoms with van der Waals surface area (Å²) in [5.74, 6) is -1.18. The molecule has 0 saturated heterocycles. The molecule has 1 aliphatic carbocycles. The van der Waals surface area contributed by atoms with Gasteiger partial charge in [-0.2, -0.15) is 10.2 Å². The molecule has 2 atom stereocenters. The van der Waals surface area contributed by atoms with Crippen LogP contribution in [0.25, 0.3) is 27.5 Å². The third-order valence-corrected chi connectivity index (χ3v) is 6.03. The number of alkyl halides is 1. The van der Waals surface area contributed by atoms with Gasteiger partial charge >= 0.3 is 0 Å². The first kappa shape index (κ1) is 19.7. The number of rotatable bonds is 5. The average molecular weight is 445 g/mol. The number of aromatic amines is 1. The van der Waals surface area contributed by atoms with Crippen molar-refractivity contribution < 1.29 is 13.6 Å². The molecule has 2 N–H and O–H groups in total. The molecular weight excluding hydrogens is 426 g/mol. The molecule has 0 radical (unpaired) electrons. The van der Waals surface area contributed by atoms with E-state index in [0.29, 0.717) is 45.6 Å². The number of nitrogens with one attached hydrogen (secondary N) is 2. The van der Waals surface area contributed by atoms with Gasteiger partial charge in [0.05, 0.1) is 28.2 Å². The van der Waals surface area contributed by atoms with Gasteiger partial charge in [0, 0.05) is 36.8 Å². The Labute approximate surface area is 181 Å². The van der Waals surface area contributed by atoms with Crippen molar-refractivity contribution >= 4 is 45.4 Å². The van der Waals surface area contributed by atoms with Crippen LogP contribution in [0.4, 0.5) is 20.3 Å². The van der Waals surface area contributed by atoms with E-state index >= 15 is 4.39 Å². The molecule has 5 rings (SSSR count). The topological polar surface area (TPSA) is 78.3 Å². The zero-order valence-electron chi connectivity index (χ0n) is 16.8. The van der Waals surface area contributed by atoms with Gasteiger partial charge < -0.3 is 10.2 Å². The molecule has 3 heterocycles. The normalized spacial score (nSPS) is 18.0. The second-order valence-electron chi connectivity index (χ2n) is 7.69. The van der Waals surface area contributed by atoms with Gasteiger partial charge in [-0.1, -0.05) is 11.6 Å². The minimum absolute atomic E-state index is 0.00399. The first-order valence-electron chi connectivity index (χ1n) is 9.89. The van der Waals surface area contributed by atoms with Crippen molar-refractivity contribution in [3.8, 4) is 11.1 Å². The smallest absolute Gasteiger partial charge is 0.231 e. The van der Waals surface area contributed by atoms with Crippen molar-refractivity contribution in [3.63, 3.8) is 0 Å². The number of pyridine rings is 1. The van der Waals surface area contributed by atoms with Gasteiger partial charge in [-0.05, 0) is 31.0 Å². The van der Waals surface area contributed by atoms with Crippen molar-refractivity contribution in [2.24, 2.45) is 5.92 Å². The molecule has 1 aliphatic rings. The Morgan fingerprint density at radius 2 is 2.23 bits per heavy atom. The lowest BCUT2D eigenvalue weighted by atomic mass is 10.0. The van der Waals surface area contributed by atoms with Gasteiger partial charge in [-0.15, -0.1) is 0 Å². The number of H-pyrrole nitrogens is 1. The van der Waals surface area contributed by atoms with Crippen molar-refractivity contribution in [3.05, 3.63) is 41.4 Å². The van der Waals surface area contributed by atoms with E-state index in [4.69, 9.17) is 11.6 Å². The van der Waals surface area contributed by atoms with Crippen LogP contribution in [0.3, 0.4) is 0 Å². The van der Waals surface area contributed by atoms with Crippen LogP contribution in [0.5, 0.6) is 0 Å². The lowest BCUT2D eigenvalue weighted by molar-refractivity contribution is -0.117. The Morgan fingerprint density at radius 3 is 2.94 bits per heavy atom. The molecule has 10 heteroatoms. The highest BCUT2D eigenvalue weighted by Gasteiger charge is 2.43. The molecule has 1 saturated carbocycles. The van der Waals surface area contributed by atoms with Crippen LogP contribution >= 0.6 is 11.6 Å². The van der Waals surface area contributed by atoms with Crippen molar-refractivity contribution in [2.45, 2.75) is 19.5 Å². The van der Waals surface area contributed by atoms with Crippen LogP contribution in [0.2, 0.25) is 5.02 Å². The van der Waals surface area contributed by atoms with Gasteiger partial charge in [0.15, 0.2) is 11.6 Å². The molecule has 4 aromatic rings. The monoisotopic (exact) mass is 444 g/mol. The van der Waals surface area contributed by atoms with Crippen LogP contribution in [0, 0.1) is 11.7 Å². The summed E-state index contributed by atoms with van der Waals surface area (Å²) in [7, 11) is 1.79. The number of carbonyl (C=O) groups excluding carboxylic acids is 1. The Hall–Kier alpha value is -3.20. The SMILES string of the molecule is CCN(C)c1c(F)c(Cl)c(-c2ccn3nc(NC(=O)[C@@H]4C[C@@H]4F)cc3c2)c2cn[nH]c12. The molecule has 7 nitrogen and oxygen atoms in total. The molecular formula is C21H19ClF2N6O. The van der Waals surface area contributed by atoms with Gasteiger partial charge in [0.1, 0.15) is 11.9 Å². The molecule has 0 unspecified atom stereocenters. The summed E-state index contributed by atoms with van der Waals surface area (Å²) in [4.78, 5) is 13.8. The maximum absolute atomic E-state index is 15.3. The number of nitrogens with zero attached hydrogens (tertiary/aromatic N) is 4. The molecule has 1 fully saturated rings. The summed E-state index contributed by atoms with van der Waals surface area (Å²) in [6, 6.07) is 5.24. The Morgan fingerprint density at radius 1 is 1.45 bits per heavy atom. The molecule has 0 spiro atoms. The fourth-order valence-electron chi connectivity index (χ4n) is 3.76. The van der Waals surface area contributed by atoms with E-state index in [2.05, 4.69) is 20.6 Å². The number of hydrogen-bond acceptors (Lipinski definition) is 4. The minimum atomic E-state index is -1.08. The second-order valence-corrected chi connectivity index (χ2v) is 8.06. The van der Waals surface area contributed by atoms with Crippen LogP contribution < -0.4 is 10.2 Å². The fourth-order valence-corrected chi connectivity index (χ4v) is 4.06. The number of amides is 1. The predicted octanol–water partition coefficient (Wildman–Crippen LogP) is 4.42. The maximum atomic E-state index is 15.3. The molecule has 160 valence electrons. The number of halogens is 3. The summed E-state index contributed by atoms with van der Waals surface area (Å²) < 4.78 is 29.9. The lowest BCUT2D eigenvalue weighted by Gasteiger charge is -2.20. The maximum Gasteiger partial charge on any atom is 0.231 e. The van der Waals surface area contributed by atoms with Crippen LogP contribution in [-0.4, -0.2) is 45.5 Å². The summed E-state index contributed by atoms with van der Waals surface area (Å²) in [5.41, 5.74) is 2.79. The summed E-state index contributed by atoms with van der Waals surface area (Å²) in [5, 5.41) is 14.6. The van der Waals surface area contributed by atoms with E-state index in [1.807, 2.05) is 6.92 Å².